The molecule has 0 aliphatic carbocycles. The summed E-state index contributed by atoms with van der Waals surface area (Å²) in [4.78, 5) is 15.1. The second-order valence-corrected chi connectivity index (χ2v) is 5.46. The largest absolute Gasteiger partial charge is 0.434 e. The van der Waals surface area contributed by atoms with Gasteiger partial charge in [-0.1, -0.05) is 39.0 Å². The van der Waals surface area contributed by atoms with Crippen molar-refractivity contribution in [3.8, 4) is 0 Å². The third kappa shape index (κ3) is 4.92. The van der Waals surface area contributed by atoms with Gasteiger partial charge >= 0.3 is 6.18 Å². The van der Waals surface area contributed by atoms with Crippen LogP contribution in [0.15, 0.2) is 15.6 Å². The molecule has 0 saturated carbocycles. The van der Waals surface area contributed by atoms with Crippen molar-refractivity contribution in [2.45, 2.75) is 58.2 Å². The molecule has 0 spiro atoms. The topological polar surface area (TPSA) is 34.9 Å². The lowest BCUT2D eigenvalue weighted by molar-refractivity contribution is -0.142. The molecule has 0 aliphatic heterocycles. The van der Waals surface area contributed by atoms with Crippen LogP contribution in [0, 0.1) is 0 Å². The highest BCUT2D eigenvalue weighted by Gasteiger charge is 2.36. The van der Waals surface area contributed by atoms with E-state index in [4.69, 9.17) is 0 Å². The molecule has 3 nitrogen and oxygen atoms in total. The van der Waals surface area contributed by atoms with E-state index in [-0.39, 0.29) is 0 Å². The van der Waals surface area contributed by atoms with Crippen molar-refractivity contribution < 1.29 is 13.2 Å². The van der Waals surface area contributed by atoms with Crippen molar-refractivity contribution in [3.63, 3.8) is 0 Å². The van der Waals surface area contributed by atoms with Gasteiger partial charge in [0, 0.05) is 6.54 Å². The molecule has 7 heteroatoms. The molecule has 1 heterocycles. The average Bonchev–Trinajstić information content (AvgIpc) is 2.37. The van der Waals surface area contributed by atoms with Crippen LogP contribution < -0.4 is 5.56 Å². The fourth-order valence-corrected chi connectivity index (χ4v) is 2.44. The predicted octanol–water partition coefficient (Wildman–Crippen LogP) is 4.39. The summed E-state index contributed by atoms with van der Waals surface area (Å²) < 4.78 is 38.3. The van der Waals surface area contributed by atoms with Gasteiger partial charge in [0.1, 0.15) is 4.47 Å². The molecule has 0 saturated heterocycles. The van der Waals surface area contributed by atoms with Crippen molar-refractivity contribution in [2.75, 3.05) is 0 Å². The molecular formula is C13H18BrF3N2O. The average molecular weight is 355 g/mol. The van der Waals surface area contributed by atoms with E-state index in [0.717, 1.165) is 38.4 Å². The minimum atomic E-state index is -4.61. The Morgan fingerprint density at radius 1 is 1.20 bits per heavy atom. The lowest BCUT2D eigenvalue weighted by atomic mass is 10.1. The van der Waals surface area contributed by atoms with Crippen LogP contribution in [0.5, 0.6) is 0 Å². The van der Waals surface area contributed by atoms with E-state index in [1.165, 1.54) is 11.0 Å². The maximum atomic E-state index is 12.5. The van der Waals surface area contributed by atoms with Gasteiger partial charge in [0.15, 0.2) is 5.69 Å². The molecule has 1 aromatic heterocycles. The molecule has 20 heavy (non-hydrogen) atoms. The van der Waals surface area contributed by atoms with Crippen LogP contribution in [0.3, 0.4) is 0 Å². The van der Waals surface area contributed by atoms with Crippen LogP contribution in [0.4, 0.5) is 13.2 Å². The van der Waals surface area contributed by atoms with Crippen molar-refractivity contribution in [1.82, 2.24) is 9.55 Å². The van der Waals surface area contributed by atoms with Gasteiger partial charge in [-0.25, -0.2) is 4.98 Å². The maximum absolute atomic E-state index is 12.5. The highest BCUT2D eigenvalue weighted by Crippen LogP contribution is 2.30. The Balaban J connectivity index is 2.61. The minimum Gasteiger partial charge on any atom is -0.298 e. The Bertz CT molecular complexity index is 485. The summed E-state index contributed by atoms with van der Waals surface area (Å²) in [6.45, 7) is 2.53. The van der Waals surface area contributed by atoms with Crippen LogP contribution >= 0.6 is 15.9 Å². The molecule has 0 N–H and O–H groups in total. The zero-order chi connectivity index (χ0) is 15.2. The monoisotopic (exact) mass is 354 g/mol. The van der Waals surface area contributed by atoms with Crippen LogP contribution in [0.2, 0.25) is 0 Å². The lowest BCUT2D eigenvalue weighted by Gasteiger charge is -2.10. The Kier molecular flexibility index (Phi) is 6.71. The lowest BCUT2D eigenvalue weighted by Crippen LogP contribution is -2.25. The van der Waals surface area contributed by atoms with Gasteiger partial charge in [-0.05, 0) is 22.4 Å². The van der Waals surface area contributed by atoms with Crippen molar-refractivity contribution in [1.29, 1.82) is 0 Å². The Hall–Kier alpha value is -0.850. The molecular weight excluding hydrogens is 337 g/mol. The first kappa shape index (κ1) is 17.2. The summed E-state index contributed by atoms with van der Waals surface area (Å²) in [6, 6.07) is 0. The quantitative estimate of drug-likeness (QED) is 0.680. The maximum Gasteiger partial charge on any atom is 0.434 e. The molecule has 0 atom stereocenters. The Morgan fingerprint density at radius 2 is 1.80 bits per heavy atom. The van der Waals surface area contributed by atoms with E-state index in [0.29, 0.717) is 6.54 Å². The third-order valence-corrected chi connectivity index (χ3v) is 3.72. The van der Waals surface area contributed by atoms with E-state index >= 15 is 0 Å². The fraction of sp³-hybridized carbons (Fsp3) is 0.692. The SMILES string of the molecule is CCCCCCCCn1cnc(C(F)(F)F)c(Br)c1=O. The van der Waals surface area contributed by atoms with Gasteiger partial charge in [-0.2, -0.15) is 13.2 Å². The van der Waals surface area contributed by atoms with E-state index in [1.54, 1.807) is 0 Å². The zero-order valence-electron chi connectivity index (χ0n) is 11.3. The third-order valence-electron chi connectivity index (χ3n) is 3.00. The number of hydrogen-bond donors (Lipinski definition) is 0. The number of aromatic nitrogens is 2. The first-order valence-electron chi connectivity index (χ1n) is 6.70. The summed E-state index contributed by atoms with van der Waals surface area (Å²) >= 11 is 2.69. The van der Waals surface area contributed by atoms with Gasteiger partial charge in [-0.15, -0.1) is 0 Å². The van der Waals surface area contributed by atoms with Crippen LogP contribution in [-0.2, 0) is 12.7 Å². The number of alkyl halides is 3. The number of nitrogens with zero attached hydrogens (tertiary/aromatic N) is 2. The minimum absolute atomic E-state index is 0.398. The summed E-state index contributed by atoms with van der Waals surface area (Å²) in [6.07, 6.45) is 2.67. The molecule has 0 amide bonds. The molecule has 0 fully saturated rings. The molecule has 0 bridgehead atoms. The number of rotatable bonds is 7. The molecule has 0 aliphatic rings. The molecule has 0 unspecified atom stereocenters. The first-order chi connectivity index (χ1) is 9.38. The van der Waals surface area contributed by atoms with Gasteiger partial charge in [0.2, 0.25) is 0 Å². The first-order valence-corrected chi connectivity index (χ1v) is 7.49. The smallest absolute Gasteiger partial charge is 0.298 e. The van der Waals surface area contributed by atoms with Crippen LogP contribution in [0.1, 0.15) is 51.1 Å². The van der Waals surface area contributed by atoms with Crippen molar-refractivity contribution in [2.24, 2.45) is 0 Å². The second kappa shape index (κ2) is 7.81. The summed E-state index contributed by atoms with van der Waals surface area (Å²) in [5, 5.41) is 0. The Labute approximate surface area is 124 Å². The van der Waals surface area contributed by atoms with E-state index in [9.17, 15) is 18.0 Å². The van der Waals surface area contributed by atoms with Gasteiger partial charge < -0.3 is 0 Å². The van der Waals surface area contributed by atoms with Crippen LogP contribution in [-0.4, -0.2) is 9.55 Å². The second-order valence-electron chi connectivity index (χ2n) is 4.67. The van der Waals surface area contributed by atoms with Crippen LogP contribution in [0.25, 0.3) is 0 Å². The number of halogens is 4. The van der Waals surface area contributed by atoms with Gasteiger partial charge in [-0.3, -0.25) is 9.36 Å². The van der Waals surface area contributed by atoms with Crippen molar-refractivity contribution in [3.05, 3.63) is 26.8 Å². The highest BCUT2D eigenvalue weighted by atomic mass is 79.9. The predicted molar refractivity (Wildman–Crippen MR) is 74.6 cm³/mol. The summed E-state index contributed by atoms with van der Waals surface area (Å²) in [5.74, 6) is 0. The molecule has 114 valence electrons. The fourth-order valence-electron chi connectivity index (χ4n) is 1.88. The van der Waals surface area contributed by atoms with Gasteiger partial charge in [0.25, 0.3) is 5.56 Å². The molecule has 0 aromatic carbocycles. The standard InChI is InChI=1S/C13H18BrF3N2O/c1-2-3-4-5-6-7-8-19-9-18-11(13(15,16)17)10(14)12(19)20/h9H,2-8H2,1H3. The Morgan fingerprint density at radius 3 is 2.40 bits per heavy atom. The zero-order valence-corrected chi connectivity index (χ0v) is 12.9. The van der Waals surface area contributed by atoms with Gasteiger partial charge in [0.05, 0.1) is 6.33 Å². The van der Waals surface area contributed by atoms with Crippen molar-refractivity contribution >= 4 is 15.9 Å². The normalized spacial score (nSPS) is 11.8. The summed E-state index contributed by atoms with van der Waals surface area (Å²) in [7, 11) is 0. The molecule has 0 radical (unpaired) electrons. The van der Waals surface area contributed by atoms with E-state index in [1.807, 2.05) is 0 Å². The number of aryl methyl sites for hydroxylation is 1. The van der Waals surface area contributed by atoms with E-state index < -0.39 is 21.9 Å². The van der Waals surface area contributed by atoms with E-state index in [2.05, 4.69) is 27.8 Å². The molecule has 1 aromatic rings. The highest BCUT2D eigenvalue weighted by molar-refractivity contribution is 9.10. The molecule has 1 rings (SSSR count). The summed E-state index contributed by atoms with van der Waals surface area (Å²) in [5.41, 5.74) is -1.84. The number of hydrogen-bond acceptors (Lipinski definition) is 2. The number of unbranched alkanes of at least 4 members (excludes halogenated alkanes) is 5.